The number of rotatable bonds is 0. The molecular weight excluding hydrogens is 244 g/mol. The first-order chi connectivity index (χ1) is 9.62. The number of anilines is 1. The lowest BCUT2D eigenvalue weighted by Crippen LogP contribution is -2.59. The Morgan fingerprint density at radius 1 is 1.25 bits per heavy atom. The topological polar surface area (TPSA) is 29.3 Å². The zero-order valence-corrected chi connectivity index (χ0v) is 12.8. The maximum absolute atomic E-state index is 6.18. The smallest absolute Gasteiger partial charge is 0.0346 e. The molecule has 3 atom stereocenters. The molecule has 1 saturated heterocycles. The molecule has 2 N–H and O–H groups in total. The minimum absolute atomic E-state index is 0.474. The Morgan fingerprint density at radius 2 is 2.10 bits per heavy atom. The molecule has 0 amide bonds. The summed E-state index contributed by atoms with van der Waals surface area (Å²) in [6.07, 6.45) is 8.23. The summed E-state index contributed by atoms with van der Waals surface area (Å²) in [5.74, 6) is 0.880. The number of likely N-dealkylation sites (N-methyl/N-ethyl adjacent to an activating group) is 1. The lowest BCUT2D eigenvalue weighted by atomic mass is 9.52. The molecule has 2 aliphatic carbocycles. The molecule has 20 heavy (non-hydrogen) atoms. The maximum Gasteiger partial charge on any atom is 0.0346 e. The van der Waals surface area contributed by atoms with Gasteiger partial charge in [-0.3, -0.25) is 0 Å². The summed E-state index contributed by atoms with van der Waals surface area (Å²) in [5.41, 5.74) is 12.1. The van der Waals surface area contributed by atoms with E-state index in [0.717, 1.165) is 17.6 Å². The van der Waals surface area contributed by atoms with Crippen molar-refractivity contribution >= 4 is 5.69 Å². The van der Waals surface area contributed by atoms with Gasteiger partial charge in [-0.25, -0.2) is 0 Å². The van der Waals surface area contributed by atoms with Crippen LogP contribution in [0, 0.1) is 12.8 Å². The Balaban J connectivity index is 1.92. The van der Waals surface area contributed by atoms with Crippen LogP contribution in [-0.4, -0.2) is 24.5 Å². The summed E-state index contributed by atoms with van der Waals surface area (Å²) < 4.78 is 0. The van der Waals surface area contributed by atoms with Crippen LogP contribution in [-0.2, 0) is 11.8 Å². The molecule has 2 bridgehead atoms. The Morgan fingerprint density at radius 3 is 2.95 bits per heavy atom. The van der Waals surface area contributed by atoms with Crippen LogP contribution in [0.5, 0.6) is 0 Å². The Kier molecular flexibility index (Phi) is 2.69. The summed E-state index contributed by atoms with van der Waals surface area (Å²) in [6.45, 7) is 3.44. The summed E-state index contributed by atoms with van der Waals surface area (Å²) in [5, 5.41) is 0. The Bertz CT molecular complexity index is 551. The van der Waals surface area contributed by atoms with Gasteiger partial charge in [0.1, 0.15) is 0 Å². The molecule has 4 rings (SSSR count). The van der Waals surface area contributed by atoms with Crippen molar-refractivity contribution in [3.05, 3.63) is 28.8 Å². The third kappa shape index (κ3) is 1.54. The standard InChI is InChI=1S/C18H26N2/c1-12-9-15-13(10-16(12)19)11-17-14-5-3-4-6-18(14,15)7-8-20(17)2/h9-10,14,17H,3-8,11,19H2,1-2H3/t14-,17-,18-/m1/s1. The van der Waals surface area contributed by atoms with Gasteiger partial charge >= 0.3 is 0 Å². The van der Waals surface area contributed by atoms with Gasteiger partial charge in [-0.1, -0.05) is 18.9 Å². The van der Waals surface area contributed by atoms with Crippen molar-refractivity contribution in [3.63, 3.8) is 0 Å². The highest BCUT2D eigenvalue weighted by molar-refractivity contribution is 5.55. The van der Waals surface area contributed by atoms with Gasteiger partial charge in [0.05, 0.1) is 0 Å². The van der Waals surface area contributed by atoms with Crippen LogP contribution in [0.25, 0.3) is 0 Å². The molecule has 1 aromatic rings. The molecule has 2 heteroatoms. The fraction of sp³-hybridized carbons (Fsp3) is 0.667. The Hall–Kier alpha value is -1.02. The van der Waals surface area contributed by atoms with E-state index < -0.39 is 0 Å². The fourth-order valence-corrected chi connectivity index (χ4v) is 5.38. The van der Waals surface area contributed by atoms with Gasteiger partial charge in [-0.2, -0.15) is 0 Å². The molecule has 2 nitrogen and oxygen atoms in total. The van der Waals surface area contributed by atoms with E-state index in [9.17, 15) is 0 Å². The van der Waals surface area contributed by atoms with Crippen molar-refractivity contribution in [1.29, 1.82) is 0 Å². The minimum Gasteiger partial charge on any atom is -0.399 e. The van der Waals surface area contributed by atoms with Crippen molar-refractivity contribution in [3.8, 4) is 0 Å². The second kappa shape index (κ2) is 4.24. The minimum atomic E-state index is 0.474. The van der Waals surface area contributed by atoms with E-state index in [2.05, 4.69) is 31.0 Å². The fourth-order valence-electron chi connectivity index (χ4n) is 5.38. The molecular formula is C18H26N2. The van der Waals surface area contributed by atoms with Gasteiger partial charge in [0.25, 0.3) is 0 Å². The predicted molar refractivity (Wildman–Crippen MR) is 84.0 cm³/mol. The average molecular weight is 270 g/mol. The summed E-state index contributed by atoms with van der Waals surface area (Å²) >= 11 is 0. The average Bonchev–Trinajstić information content (AvgIpc) is 2.45. The number of nitrogens with two attached hydrogens (primary N) is 1. The van der Waals surface area contributed by atoms with Crippen molar-refractivity contribution in [1.82, 2.24) is 4.90 Å². The molecule has 0 spiro atoms. The number of piperidine rings is 1. The molecule has 1 aliphatic heterocycles. The molecule has 0 aromatic heterocycles. The zero-order valence-electron chi connectivity index (χ0n) is 12.8. The van der Waals surface area contributed by atoms with Crippen molar-refractivity contribution < 1.29 is 0 Å². The van der Waals surface area contributed by atoms with Gasteiger partial charge in [0.2, 0.25) is 0 Å². The first-order valence-corrected chi connectivity index (χ1v) is 8.21. The number of benzene rings is 1. The monoisotopic (exact) mass is 270 g/mol. The maximum atomic E-state index is 6.18. The molecule has 2 fully saturated rings. The van der Waals surface area contributed by atoms with Gasteiger partial charge in [-0.05, 0) is 74.9 Å². The molecule has 0 unspecified atom stereocenters. The first-order valence-electron chi connectivity index (χ1n) is 8.21. The highest BCUT2D eigenvalue weighted by Crippen LogP contribution is 2.55. The van der Waals surface area contributed by atoms with Gasteiger partial charge < -0.3 is 10.6 Å². The van der Waals surface area contributed by atoms with Crippen molar-refractivity contribution in [2.24, 2.45) is 5.92 Å². The van der Waals surface area contributed by atoms with Crippen LogP contribution in [0.2, 0.25) is 0 Å². The highest BCUT2D eigenvalue weighted by Gasteiger charge is 2.53. The predicted octanol–water partition coefficient (Wildman–Crippen LogP) is 3.27. The van der Waals surface area contributed by atoms with E-state index in [0.29, 0.717) is 5.41 Å². The van der Waals surface area contributed by atoms with Crippen LogP contribution >= 0.6 is 0 Å². The zero-order chi connectivity index (χ0) is 13.9. The van der Waals surface area contributed by atoms with Crippen LogP contribution < -0.4 is 5.73 Å². The van der Waals surface area contributed by atoms with Crippen LogP contribution in [0.15, 0.2) is 12.1 Å². The van der Waals surface area contributed by atoms with Gasteiger partial charge in [0.15, 0.2) is 0 Å². The SMILES string of the molecule is Cc1cc2c(cc1N)C[C@@H]1[C@H]3CCCC[C@]23CCN1C. The second-order valence-electron chi connectivity index (χ2n) is 7.38. The largest absolute Gasteiger partial charge is 0.399 e. The van der Waals surface area contributed by atoms with Gasteiger partial charge in [0, 0.05) is 17.1 Å². The second-order valence-corrected chi connectivity index (χ2v) is 7.38. The Labute approximate surface area is 122 Å². The lowest BCUT2D eigenvalue weighted by molar-refractivity contribution is 0.00286. The molecule has 0 radical (unpaired) electrons. The van der Waals surface area contributed by atoms with E-state index >= 15 is 0 Å². The number of hydrogen-bond acceptors (Lipinski definition) is 2. The molecule has 108 valence electrons. The number of likely N-dealkylation sites (tertiary alicyclic amines) is 1. The summed E-state index contributed by atoms with van der Waals surface area (Å²) in [4.78, 5) is 2.62. The lowest BCUT2D eigenvalue weighted by Gasteiger charge is -2.58. The summed E-state index contributed by atoms with van der Waals surface area (Å²) in [6, 6.07) is 5.46. The number of nitrogens with zero attached hydrogens (tertiary/aromatic N) is 1. The quantitative estimate of drug-likeness (QED) is 0.733. The highest BCUT2D eigenvalue weighted by atomic mass is 15.1. The third-order valence-electron chi connectivity index (χ3n) is 6.50. The number of fused-ring (bicyclic) bond motifs is 1. The normalized spacial score (nSPS) is 36.3. The van der Waals surface area contributed by atoms with Crippen LogP contribution in [0.1, 0.15) is 48.8 Å². The number of nitrogen functional groups attached to an aromatic ring is 1. The van der Waals surface area contributed by atoms with Crippen molar-refractivity contribution in [2.45, 2.75) is 56.9 Å². The first kappa shape index (κ1) is 12.7. The van der Waals surface area contributed by atoms with E-state index in [-0.39, 0.29) is 0 Å². The van der Waals surface area contributed by atoms with Crippen molar-refractivity contribution in [2.75, 3.05) is 19.3 Å². The molecule has 3 aliphatic rings. The number of hydrogen-bond donors (Lipinski definition) is 1. The third-order valence-corrected chi connectivity index (χ3v) is 6.50. The van der Waals surface area contributed by atoms with Crippen LogP contribution in [0.3, 0.4) is 0 Å². The summed E-state index contributed by atoms with van der Waals surface area (Å²) in [7, 11) is 2.33. The van der Waals surface area contributed by atoms with E-state index in [4.69, 9.17) is 5.73 Å². The molecule has 1 aromatic carbocycles. The molecule has 1 heterocycles. The van der Waals surface area contributed by atoms with E-state index in [1.165, 1.54) is 50.6 Å². The van der Waals surface area contributed by atoms with Gasteiger partial charge in [-0.15, -0.1) is 0 Å². The number of aryl methyl sites for hydroxylation is 1. The van der Waals surface area contributed by atoms with Crippen LogP contribution in [0.4, 0.5) is 5.69 Å². The van der Waals surface area contributed by atoms with E-state index in [1.54, 1.807) is 11.1 Å². The van der Waals surface area contributed by atoms with E-state index in [1.807, 2.05) is 0 Å². The molecule has 1 saturated carbocycles.